The third-order valence-electron chi connectivity index (χ3n) is 4.02. The van der Waals surface area contributed by atoms with Gasteiger partial charge in [0, 0.05) is 31.1 Å². The Morgan fingerprint density at radius 1 is 1.32 bits per heavy atom. The first kappa shape index (κ1) is 17.0. The second kappa shape index (κ2) is 5.66. The lowest BCUT2D eigenvalue weighted by molar-refractivity contribution is -0.119. The maximum atomic E-state index is 12.4. The number of nitrogens with zero attached hydrogens (tertiary/aromatic N) is 1. The number of fused-ring (bicyclic) bond motifs is 1. The molecule has 1 aromatic carbocycles. The molecule has 1 N–H and O–H groups in total. The lowest BCUT2D eigenvalue weighted by Crippen LogP contribution is -2.39. The molecule has 6 heteroatoms. The number of anilines is 1. The SMILES string of the molecule is CC(C)CNS(=O)(=O)c1ccc2c(c1)C(C)(C)CC(=O)N2C. The van der Waals surface area contributed by atoms with Crippen molar-refractivity contribution in [3.05, 3.63) is 23.8 Å². The second-order valence-electron chi connectivity index (χ2n) is 6.94. The Bertz CT molecular complexity index is 693. The number of rotatable bonds is 4. The van der Waals surface area contributed by atoms with Crippen LogP contribution in [0, 0.1) is 5.92 Å². The normalized spacial score (nSPS) is 17.7. The maximum Gasteiger partial charge on any atom is 0.240 e. The van der Waals surface area contributed by atoms with Crippen molar-refractivity contribution < 1.29 is 13.2 Å². The molecule has 1 amide bonds. The van der Waals surface area contributed by atoms with E-state index in [0.29, 0.717) is 13.0 Å². The first-order valence-corrected chi connectivity index (χ1v) is 8.93. The Hall–Kier alpha value is -1.40. The molecule has 0 aliphatic carbocycles. The number of benzene rings is 1. The van der Waals surface area contributed by atoms with Crippen LogP contribution >= 0.6 is 0 Å². The highest BCUT2D eigenvalue weighted by atomic mass is 32.2. The summed E-state index contributed by atoms with van der Waals surface area (Å²) in [6.45, 7) is 8.25. The fraction of sp³-hybridized carbons (Fsp3) is 0.562. The number of carbonyl (C=O) groups excluding carboxylic acids is 1. The molecule has 5 nitrogen and oxygen atoms in total. The monoisotopic (exact) mass is 324 g/mol. The van der Waals surface area contributed by atoms with E-state index in [2.05, 4.69) is 4.72 Å². The zero-order valence-corrected chi connectivity index (χ0v) is 14.6. The zero-order chi connectivity index (χ0) is 16.7. The van der Waals surface area contributed by atoms with Crippen molar-refractivity contribution in [2.45, 2.75) is 44.4 Å². The van der Waals surface area contributed by atoms with E-state index < -0.39 is 10.0 Å². The van der Waals surface area contributed by atoms with Crippen LogP contribution in [-0.2, 0) is 20.2 Å². The van der Waals surface area contributed by atoms with Crippen LogP contribution in [0.15, 0.2) is 23.1 Å². The Morgan fingerprint density at radius 2 is 1.95 bits per heavy atom. The van der Waals surface area contributed by atoms with Gasteiger partial charge in [-0.2, -0.15) is 0 Å². The van der Waals surface area contributed by atoms with Crippen molar-refractivity contribution in [2.75, 3.05) is 18.5 Å². The Kier molecular flexibility index (Phi) is 4.37. The Balaban J connectivity index is 2.45. The lowest BCUT2D eigenvalue weighted by atomic mass is 9.77. The van der Waals surface area contributed by atoms with Crippen molar-refractivity contribution >= 4 is 21.6 Å². The molecule has 0 radical (unpaired) electrons. The topological polar surface area (TPSA) is 66.5 Å². The van der Waals surface area contributed by atoms with Gasteiger partial charge in [-0.15, -0.1) is 0 Å². The number of hydrogen-bond donors (Lipinski definition) is 1. The molecule has 0 atom stereocenters. The highest BCUT2D eigenvalue weighted by Crippen LogP contribution is 2.40. The fourth-order valence-corrected chi connectivity index (χ4v) is 3.84. The predicted molar refractivity (Wildman–Crippen MR) is 87.5 cm³/mol. The number of amides is 1. The zero-order valence-electron chi connectivity index (χ0n) is 13.8. The quantitative estimate of drug-likeness (QED) is 0.924. The molecule has 22 heavy (non-hydrogen) atoms. The van der Waals surface area contributed by atoms with Crippen LogP contribution < -0.4 is 9.62 Å². The summed E-state index contributed by atoms with van der Waals surface area (Å²) in [5.41, 5.74) is 1.30. The average molecular weight is 324 g/mol. The van der Waals surface area contributed by atoms with Gasteiger partial charge in [-0.3, -0.25) is 4.79 Å². The summed E-state index contributed by atoms with van der Waals surface area (Å²) in [6, 6.07) is 4.98. The van der Waals surface area contributed by atoms with Crippen LogP contribution in [-0.4, -0.2) is 27.9 Å². The summed E-state index contributed by atoms with van der Waals surface area (Å²) in [5, 5.41) is 0. The number of nitrogens with one attached hydrogen (secondary N) is 1. The molecule has 0 unspecified atom stereocenters. The van der Waals surface area contributed by atoms with Crippen LogP contribution in [0.1, 0.15) is 39.7 Å². The third-order valence-corrected chi connectivity index (χ3v) is 5.44. The van der Waals surface area contributed by atoms with Crippen molar-refractivity contribution in [3.63, 3.8) is 0 Å². The largest absolute Gasteiger partial charge is 0.315 e. The molecule has 1 aromatic rings. The lowest BCUT2D eigenvalue weighted by Gasteiger charge is -2.37. The van der Waals surface area contributed by atoms with Crippen LogP contribution in [0.25, 0.3) is 0 Å². The van der Waals surface area contributed by atoms with Crippen LogP contribution in [0.3, 0.4) is 0 Å². The summed E-state index contributed by atoms with van der Waals surface area (Å²) < 4.78 is 27.4. The van der Waals surface area contributed by atoms with E-state index in [4.69, 9.17) is 0 Å². The van der Waals surface area contributed by atoms with Crippen LogP contribution in [0.4, 0.5) is 5.69 Å². The smallest absolute Gasteiger partial charge is 0.240 e. The third kappa shape index (κ3) is 3.17. The molecule has 1 aliphatic heterocycles. The minimum absolute atomic E-state index is 0.0473. The molecule has 0 spiro atoms. The van der Waals surface area contributed by atoms with Gasteiger partial charge in [0.15, 0.2) is 0 Å². The van der Waals surface area contributed by atoms with E-state index in [9.17, 15) is 13.2 Å². The van der Waals surface area contributed by atoms with E-state index in [1.807, 2.05) is 27.7 Å². The number of sulfonamides is 1. The molecule has 2 rings (SSSR count). The highest BCUT2D eigenvalue weighted by Gasteiger charge is 2.36. The van der Waals surface area contributed by atoms with Crippen LogP contribution in [0.2, 0.25) is 0 Å². The molecule has 1 aliphatic rings. The average Bonchev–Trinajstić information content (AvgIpc) is 2.42. The summed E-state index contributed by atoms with van der Waals surface area (Å²) >= 11 is 0. The van der Waals surface area contributed by atoms with Gasteiger partial charge in [0.25, 0.3) is 0 Å². The molecular formula is C16H24N2O3S. The maximum absolute atomic E-state index is 12.4. The van der Waals surface area contributed by atoms with Gasteiger partial charge >= 0.3 is 0 Å². The predicted octanol–water partition coefficient (Wildman–Crippen LogP) is 2.27. The van der Waals surface area contributed by atoms with Gasteiger partial charge in [0.2, 0.25) is 15.9 Å². The summed E-state index contributed by atoms with van der Waals surface area (Å²) in [5.74, 6) is 0.290. The van der Waals surface area contributed by atoms with Crippen molar-refractivity contribution in [3.8, 4) is 0 Å². The summed E-state index contributed by atoms with van der Waals surface area (Å²) in [6.07, 6.45) is 0.374. The van der Waals surface area contributed by atoms with E-state index in [1.165, 1.54) is 0 Å². The minimum atomic E-state index is -3.52. The van der Waals surface area contributed by atoms with E-state index in [1.54, 1.807) is 30.1 Å². The second-order valence-corrected chi connectivity index (χ2v) is 8.71. The molecular weight excluding hydrogens is 300 g/mol. The Labute approximate surface area is 132 Å². The number of carbonyl (C=O) groups is 1. The van der Waals surface area contributed by atoms with Gasteiger partial charge in [0.1, 0.15) is 0 Å². The van der Waals surface area contributed by atoms with E-state index >= 15 is 0 Å². The van der Waals surface area contributed by atoms with Gasteiger partial charge < -0.3 is 4.90 Å². The molecule has 1 heterocycles. The van der Waals surface area contributed by atoms with E-state index in [-0.39, 0.29) is 22.1 Å². The van der Waals surface area contributed by atoms with Crippen molar-refractivity contribution in [1.82, 2.24) is 4.72 Å². The molecule has 0 aromatic heterocycles. The first-order valence-electron chi connectivity index (χ1n) is 7.45. The molecule has 0 bridgehead atoms. The molecule has 0 saturated heterocycles. The minimum Gasteiger partial charge on any atom is -0.315 e. The molecule has 0 fully saturated rings. The Morgan fingerprint density at radius 3 is 2.55 bits per heavy atom. The summed E-state index contributed by atoms with van der Waals surface area (Å²) in [4.78, 5) is 13.9. The van der Waals surface area contributed by atoms with Gasteiger partial charge in [-0.05, 0) is 29.7 Å². The fourth-order valence-electron chi connectivity index (χ4n) is 2.60. The molecule has 0 saturated carbocycles. The van der Waals surface area contributed by atoms with Crippen LogP contribution in [0.5, 0.6) is 0 Å². The first-order chi connectivity index (χ1) is 10.0. The van der Waals surface area contributed by atoms with Crippen molar-refractivity contribution in [1.29, 1.82) is 0 Å². The highest BCUT2D eigenvalue weighted by molar-refractivity contribution is 7.89. The van der Waals surface area contributed by atoms with Gasteiger partial charge in [0.05, 0.1) is 4.90 Å². The summed E-state index contributed by atoms with van der Waals surface area (Å²) in [7, 11) is -1.80. The van der Waals surface area contributed by atoms with Gasteiger partial charge in [-0.25, -0.2) is 13.1 Å². The van der Waals surface area contributed by atoms with E-state index in [0.717, 1.165) is 11.3 Å². The molecule has 122 valence electrons. The standard InChI is InChI=1S/C16H24N2O3S/c1-11(2)10-17-22(20,21)12-6-7-14-13(8-12)16(3,4)9-15(19)18(14)5/h6-8,11,17H,9-10H2,1-5H3. The van der Waals surface area contributed by atoms with Crippen molar-refractivity contribution in [2.24, 2.45) is 5.92 Å². The van der Waals surface area contributed by atoms with Gasteiger partial charge in [-0.1, -0.05) is 27.7 Å². The number of hydrogen-bond acceptors (Lipinski definition) is 3.